The van der Waals surface area contributed by atoms with E-state index in [-0.39, 0.29) is 0 Å². The summed E-state index contributed by atoms with van der Waals surface area (Å²) in [6.07, 6.45) is -0.204. The second kappa shape index (κ2) is 3.82. The van der Waals surface area contributed by atoms with Gasteiger partial charge in [0, 0.05) is 12.3 Å². The summed E-state index contributed by atoms with van der Waals surface area (Å²) in [5, 5.41) is 0. The number of fused-ring (bicyclic) bond motifs is 1. The molecule has 2 aliphatic heterocycles. The van der Waals surface area contributed by atoms with E-state index in [0.29, 0.717) is 5.76 Å². The third-order valence-corrected chi connectivity index (χ3v) is 3.12. The minimum absolute atomic E-state index is 0.415. The summed E-state index contributed by atoms with van der Waals surface area (Å²) in [6.45, 7) is 7.34. The van der Waals surface area contributed by atoms with Crippen molar-refractivity contribution in [2.45, 2.75) is 38.1 Å². The molecule has 3 atom stereocenters. The molecule has 2 fully saturated rings. The minimum atomic E-state index is -0.758. The van der Waals surface area contributed by atoms with Crippen LogP contribution in [-0.2, 0) is 14.2 Å². The van der Waals surface area contributed by atoms with Crippen molar-refractivity contribution in [3.05, 3.63) is 45.4 Å². The molecule has 7 heteroatoms. The average Bonchev–Trinajstić information content (AvgIpc) is 2.75. The van der Waals surface area contributed by atoms with Crippen LogP contribution in [-0.4, -0.2) is 27.5 Å². The van der Waals surface area contributed by atoms with Crippen molar-refractivity contribution in [1.82, 2.24) is 9.55 Å². The average molecular weight is 266 g/mol. The molecule has 102 valence electrons. The van der Waals surface area contributed by atoms with E-state index in [1.807, 2.05) is 0 Å². The van der Waals surface area contributed by atoms with Crippen molar-refractivity contribution < 1.29 is 14.2 Å². The normalized spacial score (nSPS) is 32.1. The zero-order chi connectivity index (χ0) is 13.8. The SMILES string of the molecule is C=C1O[C@@H](n2ccc(=O)[nH]c2=O)C2OC(C)(C)O[C@@H]12. The maximum atomic E-state index is 11.8. The lowest BCUT2D eigenvalue weighted by Crippen LogP contribution is -2.37. The second-order valence-electron chi connectivity index (χ2n) is 5.01. The maximum absolute atomic E-state index is 11.8. The van der Waals surface area contributed by atoms with Crippen LogP contribution in [0.3, 0.4) is 0 Å². The van der Waals surface area contributed by atoms with E-state index in [1.54, 1.807) is 13.8 Å². The molecular formula is C12H14N2O5. The summed E-state index contributed by atoms with van der Waals surface area (Å²) in [6, 6.07) is 1.25. The van der Waals surface area contributed by atoms with Gasteiger partial charge in [0.2, 0.25) is 6.23 Å². The fraction of sp³-hybridized carbons (Fsp3) is 0.500. The number of nitrogens with zero attached hydrogens (tertiary/aromatic N) is 1. The van der Waals surface area contributed by atoms with E-state index < -0.39 is 35.5 Å². The van der Waals surface area contributed by atoms with Gasteiger partial charge in [-0.05, 0) is 13.8 Å². The van der Waals surface area contributed by atoms with Crippen LogP contribution in [0.1, 0.15) is 20.1 Å². The first-order valence-electron chi connectivity index (χ1n) is 5.90. The maximum Gasteiger partial charge on any atom is 0.331 e. The van der Waals surface area contributed by atoms with Gasteiger partial charge in [0.15, 0.2) is 11.9 Å². The molecule has 0 aromatic carbocycles. The highest BCUT2D eigenvalue weighted by Gasteiger charge is 2.53. The highest BCUT2D eigenvalue weighted by atomic mass is 16.8. The van der Waals surface area contributed by atoms with Gasteiger partial charge < -0.3 is 14.2 Å². The van der Waals surface area contributed by atoms with E-state index in [9.17, 15) is 9.59 Å². The monoisotopic (exact) mass is 266 g/mol. The smallest absolute Gasteiger partial charge is 0.331 e. The molecular weight excluding hydrogens is 252 g/mol. The third kappa shape index (κ3) is 1.91. The number of rotatable bonds is 1. The predicted molar refractivity (Wildman–Crippen MR) is 64.4 cm³/mol. The Kier molecular flexibility index (Phi) is 2.45. The quantitative estimate of drug-likeness (QED) is 0.779. The number of ether oxygens (including phenoxy) is 3. The first-order valence-corrected chi connectivity index (χ1v) is 5.90. The van der Waals surface area contributed by atoms with Crippen LogP contribution in [0.25, 0.3) is 0 Å². The standard InChI is InChI=1S/C12H14N2O5/c1-6-8-9(19-12(2,3)18-8)10(17-6)14-5-4-7(15)13-11(14)16/h4-5,8-10H,1H2,2-3H3,(H,13,15,16)/t8-,9?,10+/m0/s1. The van der Waals surface area contributed by atoms with E-state index >= 15 is 0 Å². The molecule has 3 heterocycles. The van der Waals surface area contributed by atoms with Gasteiger partial charge in [-0.15, -0.1) is 0 Å². The molecule has 0 amide bonds. The molecule has 1 aromatic heterocycles. The molecule has 1 aromatic rings. The van der Waals surface area contributed by atoms with Gasteiger partial charge in [-0.25, -0.2) is 4.79 Å². The summed E-state index contributed by atoms with van der Waals surface area (Å²) < 4.78 is 18.2. The lowest BCUT2D eigenvalue weighted by molar-refractivity contribution is -0.174. The molecule has 2 aliphatic rings. The Hall–Kier alpha value is -1.86. The van der Waals surface area contributed by atoms with Crippen molar-refractivity contribution in [1.29, 1.82) is 0 Å². The molecule has 2 saturated heterocycles. The zero-order valence-corrected chi connectivity index (χ0v) is 10.6. The summed E-state index contributed by atoms with van der Waals surface area (Å²) in [5.41, 5.74) is -1.02. The van der Waals surface area contributed by atoms with Crippen molar-refractivity contribution in [3.63, 3.8) is 0 Å². The Morgan fingerprint density at radius 3 is 2.79 bits per heavy atom. The van der Waals surface area contributed by atoms with Gasteiger partial charge in [0.05, 0.1) is 0 Å². The largest absolute Gasteiger partial charge is 0.469 e. The van der Waals surface area contributed by atoms with Gasteiger partial charge >= 0.3 is 5.69 Å². The predicted octanol–water partition coefficient (Wildman–Crippen LogP) is 0.0992. The molecule has 19 heavy (non-hydrogen) atoms. The topological polar surface area (TPSA) is 82.6 Å². The molecule has 0 saturated carbocycles. The zero-order valence-electron chi connectivity index (χ0n) is 10.6. The highest BCUT2D eigenvalue weighted by Crippen LogP contribution is 2.43. The van der Waals surface area contributed by atoms with Crippen LogP contribution < -0.4 is 11.2 Å². The van der Waals surface area contributed by atoms with Crippen molar-refractivity contribution in [3.8, 4) is 0 Å². The number of hydrogen-bond acceptors (Lipinski definition) is 5. The molecule has 0 bridgehead atoms. The Labute approximate surface area is 108 Å². The van der Waals surface area contributed by atoms with E-state index in [4.69, 9.17) is 14.2 Å². The van der Waals surface area contributed by atoms with Crippen LogP contribution in [0, 0.1) is 0 Å². The number of nitrogens with one attached hydrogen (secondary N) is 1. The lowest BCUT2D eigenvalue weighted by atomic mass is 10.2. The Bertz CT molecular complexity index is 644. The van der Waals surface area contributed by atoms with Crippen molar-refractivity contribution in [2.24, 2.45) is 0 Å². The first kappa shape index (κ1) is 12.2. The molecule has 3 rings (SSSR count). The number of aromatic amines is 1. The van der Waals surface area contributed by atoms with Gasteiger partial charge in [-0.1, -0.05) is 6.58 Å². The Morgan fingerprint density at radius 2 is 2.11 bits per heavy atom. The Balaban J connectivity index is 2.00. The third-order valence-electron chi connectivity index (χ3n) is 3.12. The van der Waals surface area contributed by atoms with Crippen LogP contribution in [0.4, 0.5) is 0 Å². The van der Waals surface area contributed by atoms with Gasteiger partial charge in [-0.2, -0.15) is 0 Å². The van der Waals surface area contributed by atoms with Crippen LogP contribution >= 0.6 is 0 Å². The molecule has 1 N–H and O–H groups in total. The van der Waals surface area contributed by atoms with Crippen LogP contribution in [0.5, 0.6) is 0 Å². The van der Waals surface area contributed by atoms with Gasteiger partial charge in [0.1, 0.15) is 11.9 Å². The van der Waals surface area contributed by atoms with Crippen LogP contribution in [0.15, 0.2) is 34.2 Å². The number of aromatic nitrogens is 2. The first-order chi connectivity index (χ1) is 8.87. The van der Waals surface area contributed by atoms with E-state index in [0.717, 1.165) is 0 Å². The minimum Gasteiger partial charge on any atom is -0.469 e. The molecule has 0 radical (unpaired) electrons. The second-order valence-corrected chi connectivity index (χ2v) is 5.01. The van der Waals surface area contributed by atoms with Crippen molar-refractivity contribution >= 4 is 0 Å². The summed E-state index contributed by atoms with van der Waals surface area (Å²) in [7, 11) is 0. The summed E-state index contributed by atoms with van der Waals surface area (Å²) in [4.78, 5) is 25.0. The Morgan fingerprint density at radius 1 is 1.37 bits per heavy atom. The fourth-order valence-corrected chi connectivity index (χ4v) is 2.38. The van der Waals surface area contributed by atoms with Crippen molar-refractivity contribution in [2.75, 3.05) is 0 Å². The fourth-order valence-electron chi connectivity index (χ4n) is 2.38. The molecule has 7 nitrogen and oxygen atoms in total. The molecule has 0 aliphatic carbocycles. The van der Waals surface area contributed by atoms with E-state index in [2.05, 4.69) is 11.6 Å². The van der Waals surface area contributed by atoms with Gasteiger partial charge in [-0.3, -0.25) is 14.3 Å². The van der Waals surface area contributed by atoms with Gasteiger partial charge in [0.25, 0.3) is 5.56 Å². The summed E-state index contributed by atoms with van der Waals surface area (Å²) in [5.74, 6) is -0.342. The molecule has 0 spiro atoms. The van der Waals surface area contributed by atoms with Crippen LogP contribution in [0.2, 0.25) is 0 Å². The molecule has 1 unspecified atom stereocenters. The number of H-pyrrole nitrogens is 1. The van der Waals surface area contributed by atoms with E-state index in [1.165, 1.54) is 16.8 Å². The lowest BCUT2D eigenvalue weighted by Gasteiger charge is -2.23. The number of hydrogen-bond donors (Lipinski definition) is 1. The highest BCUT2D eigenvalue weighted by molar-refractivity contribution is 5.10. The summed E-state index contributed by atoms with van der Waals surface area (Å²) >= 11 is 0.